The van der Waals surface area contributed by atoms with Gasteiger partial charge < -0.3 is 9.29 Å². The molecule has 0 fully saturated rings. The van der Waals surface area contributed by atoms with Crippen molar-refractivity contribution in [3.8, 4) is 5.75 Å². The standard InChI is InChI=1S/C18H16F4O4S2/c1-2-11-5-7-12(8-6-11)26-9-3-4-10-27-17-13(19)15(21)18(28(23,24)25)16(22)14(17)20/h2,5-8H,1,3-4,9-10H2,(H,23,24,25)/p-1. The highest BCUT2D eigenvalue weighted by Gasteiger charge is 2.28. The van der Waals surface area contributed by atoms with Crippen LogP contribution in [0, 0.1) is 23.3 Å². The van der Waals surface area contributed by atoms with E-state index < -0.39 is 43.2 Å². The Morgan fingerprint density at radius 2 is 1.57 bits per heavy atom. The van der Waals surface area contributed by atoms with Crippen LogP contribution in [0.2, 0.25) is 0 Å². The summed E-state index contributed by atoms with van der Waals surface area (Å²) in [5.74, 6) is -7.53. The number of rotatable bonds is 9. The molecule has 0 aliphatic carbocycles. The molecule has 0 unspecified atom stereocenters. The summed E-state index contributed by atoms with van der Waals surface area (Å²) in [5, 5.41) is 0. The van der Waals surface area contributed by atoms with Crippen molar-refractivity contribution in [1.29, 1.82) is 0 Å². The SMILES string of the molecule is C=Cc1ccc(OCCCCSc2c(F)c(F)c(S(=O)(=O)[O-])c(F)c2F)cc1. The normalized spacial score (nSPS) is 11.5. The number of hydrogen-bond acceptors (Lipinski definition) is 5. The lowest BCUT2D eigenvalue weighted by Crippen LogP contribution is -2.11. The van der Waals surface area contributed by atoms with E-state index in [1.54, 1.807) is 18.2 Å². The van der Waals surface area contributed by atoms with Crippen molar-refractivity contribution < 1.29 is 35.3 Å². The number of benzene rings is 2. The molecule has 0 bridgehead atoms. The Morgan fingerprint density at radius 3 is 2.07 bits per heavy atom. The Balaban J connectivity index is 1.91. The summed E-state index contributed by atoms with van der Waals surface area (Å²) < 4.78 is 92.9. The fraction of sp³-hybridized carbons (Fsp3) is 0.222. The van der Waals surface area contributed by atoms with E-state index in [1.165, 1.54) is 0 Å². The Bertz CT molecular complexity index is 932. The molecule has 0 amide bonds. The van der Waals surface area contributed by atoms with Gasteiger partial charge in [0, 0.05) is 0 Å². The highest BCUT2D eigenvalue weighted by molar-refractivity contribution is 7.99. The average molecular weight is 435 g/mol. The first kappa shape index (κ1) is 22.3. The van der Waals surface area contributed by atoms with Crippen molar-refractivity contribution in [1.82, 2.24) is 0 Å². The molecule has 2 rings (SSSR count). The number of thioether (sulfide) groups is 1. The topological polar surface area (TPSA) is 66.4 Å². The minimum atomic E-state index is -5.70. The monoisotopic (exact) mass is 435 g/mol. The van der Waals surface area contributed by atoms with E-state index in [9.17, 15) is 30.5 Å². The molecule has 4 nitrogen and oxygen atoms in total. The summed E-state index contributed by atoms with van der Waals surface area (Å²) >= 11 is 0.479. The molecular weight excluding hydrogens is 420 g/mol. The zero-order valence-corrected chi connectivity index (χ0v) is 16.0. The first-order valence-corrected chi connectivity index (χ1v) is 10.4. The summed E-state index contributed by atoms with van der Waals surface area (Å²) in [7, 11) is -5.70. The Hall–Kier alpha value is -2.04. The molecule has 0 aliphatic rings. The number of hydrogen-bond donors (Lipinski definition) is 0. The van der Waals surface area contributed by atoms with E-state index in [0.29, 0.717) is 37.0 Å². The smallest absolute Gasteiger partial charge is 0.180 e. The maximum absolute atomic E-state index is 13.9. The quantitative estimate of drug-likeness (QED) is 0.187. The molecule has 0 saturated carbocycles. The maximum Gasteiger partial charge on any atom is 0.180 e. The molecule has 2 aromatic rings. The first-order chi connectivity index (χ1) is 13.2. The summed E-state index contributed by atoms with van der Waals surface area (Å²) in [4.78, 5) is -3.16. The summed E-state index contributed by atoms with van der Waals surface area (Å²) in [6.45, 7) is 3.95. The molecule has 0 N–H and O–H groups in total. The second kappa shape index (κ2) is 9.44. The molecule has 10 heteroatoms. The summed E-state index contributed by atoms with van der Waals surface area (Å²) in [5.41, 5.74) is 0.933. The van der Waals surface area contributed by atoms with Gasteiger partial charge in [-0.1, -0.05) is 24.8 Å². The van der Waals surface area contributed by atoms with Crippen molar-refractivity contribution >= 4 is 28.0 Å². The van der Waals surface area contributed by atoms with Gasteiger partial charge in [-0.15, -0.1) is 11.8 Å². The van der Waals surface area contributed by atoms with E-state index >= 15 is 0 Å². The largest absolute Gasteiger partial charge is 0.744 e. The summed E-state index contributed by atoms with van der Waals surface area (Å²) in [6, 6.07) is 7.15. The van der Waals surface area contributed by atoms with Crippen LogP contribution in [0.5, 0.6) is 5.75 Å². The molecule has 28 heavy (non-hydrogen) atoms. The van der Waals surface area contributed by atoms with E-state index in [1.807, 2.05) is 12.1 Å². The molecule has 0 aromatic heterocycles. The molecular formula is C18H15F4O4S2-. The average Bonchev–Trinajstić information content (AvgIpc) is 2.64. The minimum Gasteiger partial charge on any atom is -0.744 e. The fourth-order valence-corrected chi connectivity index (χ4v) is 3.81. The van der Waals surface area contributed by atoms with Gasteiger partial charge in [-0.05, 0) is 36.3 Å². The Kier molecular flexibility index (Phi) is 7.50. The van der Waals surface area contributed by atoms with Gasteiger partial charge >= 0.3 is 0 Å². The second-order valence-electron chi connectivity index (χ2n) is 5.55. The molecule has 0 radical (unpaired) electrons. The van der Waals surface area contributed by atoms with Crippen LogP contribution in [0.1, 0.15) is 18.4 Å². The van der Waals surface area contributed by atoms with Gasteiger partial charge in [-0.2, -0.15) is 0 Å². The van der Waals surface area contributed by atoms with Gasteiger partial charge in [0.2, 0.25) is 0 Å². The van der Waals surface area contributed by atoms with Crippen LogP contribution in [-0.4, -0.2) is 25.3 Å². The zero-order chi connectivity index (χ0) is 20.9. The molecule has 0 saturated heterocycles. The first-order valence-electron chi connectivity index (χ1n) is 7.96. The van der Waals surface area contributed by atoms with Crippen LogP contribution in [0.4, 0.5) is 17.6 Å². The van der Waals surface area contributed by atoms with Gasteiger partial charge in [0.05, 0.1) is 11.5 Å². The van der Waals surface area contributed by atoms with Crippen LogP contribution in [0.25, 0.3) is 6.08 Å². The van der Waals surface area contributed by atoms with E-state index in [0.717, 1.165) is 5.56 Å². The molecule has 0 aliphatic heterocycles. The van der Waals surface area contributed by atoms with Crippen LogP contribution < -0.4 is 4.74 Å². The van der Waals surface area contributed by atoms with Crippen molar-refractivity contribution in [2.45, 2.75) is 22.6 Å². The Morgan fingerprint density at radius 1 is 1.00 bits per heavy atom. The zero-order valence-electron chi connectivity index (χ0n) is 14.4. The third kappa shape index (κ3) is 5.27. The van der Waals surface area contributed by atoms with Gasteiger partial charge in [-0.25, -0.2) is 26.0 Å². The highest BCUT2D eigenvalue weighted by Crippen LogP contribution is 2.33. The van der Waals surface area contributed by atoms with E-state index in [-0.39, 0.29) is 5.75 Å². The lowest BCUT2D eigenvalue weighted by Gasteiger charge is -2.13. The second-order valence-corrected chi connectivity index (χ2v) is 7.97. The van der Waals surface area contributed by atoms with Crippen LogP contribution in [-0.2, 0) is 10.1 Å². The third-order valence-corrected chi connectivity index (χ3v) is 5.60. The van der Waals surface area contributed by atoms with E-state index in [2.05, 4.69) is 6.58 Å². The third-order valence-electron chi connectivity index (χ3n) is 3.60. The van der Waals surface area contributed by atoms with Crippen LogP contribution in [0.3, 0.4) is 0 Å². The van der Waals surface area contributed by atoms with E-state index in [4.69, 9.17) is 4.74 Å². The van der Waals surface area contributed by atoms with Crippen molar-refractivity contribution in [2.24, 2.45) is 0 Å². The van der Waals surface area contributed by atoms with Crippen molar-refractivity contribution in [3.63, 3.8) is 0 Å². The number of halogens is 4. The molecule has 2 aromatic carbocycles. The predicted molar refractivity (Wildman–Crippen MR) is 96.2 cm³/mol. The highest BCUT2D eigenvalue weighted by atomic mass is 32.2. The van der Waals surface area contributed by atoms with Crippen molar-refractivity contribution in [2.75, 3.05) is 12.4 Å². The van der Waals surface area contributed by atoms with Gasteiger partial charge in [0.25, 0.3) is 0 Å². The van der Waals surface area contributed by atoms with Gasteiger partial charge in [0.1, 0.15) is 20.8 Å². The van der Waals surface area contributed by atoms with Crippen molar-refractivity contribution in [3.05, 3.63) is 59.7 Å². The van der Waals surface area contributed by atoms with Crippen LogP contribution in [0.15, 0.2) is 40.6 Å². The molecule has 0 spiro atoms. The maximum atomic E-state index is 13.9. The predicted octanol–water partition coefficient (Wildman–Crippen LogP) is 4.74. The van der Waals surface area contributed by atoms with Gasteiger partial charge in [0.15, 0.2) is 23.3 Å². The lowest BCUT2D eigenvalue weighted by atomic mass is 10.2. The molecule has 152 valence electrons. The van der Waals surface area contributed by atoms with Crippen LogP contribution >= 0.6 is 11.8 Å². The summed E-state index contributed by atoms with van der Waals surface area (Å²) in [6.07, 6.45) is 2.58. The minimum absolute atomic E-state index is 0.0922. The van der Waals surface area contributed by atoms with Gasteiger partial charge in [-0.3, -0.25) is 0 Å². The number of unbranched alkanes of at least 4 members (excludes halogenated alkanes) is 1. The lowest BCUT2D eigenvalue weighted by molar-refractivity contribution is 0.310. The fourth-order valence-electron chi connectivity index (χ4n) is 2.21. The molecule has 0 atom stereocenters. The molecule has 0 heterocycles. The number of ether oxygens (including phenoxy) is 1. The Labute approximate surface area is 164 Å².